The molecular formula is C8H12F3N3O3. The minimum Gasteiger partial charge on any atom is -0.378 e. The van der Waals surface area contributed by atoms with E-state index in [4.69, 9.17) is 10.6 Å². The van der Waals surface area contributed by atoms with E-state index in [2.05, 4.69) is 4.74 Å². The first-order valence-electron chi connectivity index (χ1n) is 5.02. The summed E-state index contributed by atoms with van der Waals surface area (Å²) in [5.41, 5.74) is 0. The van der Waals surface area contributed by atoms with Crippen molar-refractivity contribution >= 4 is 6.09 Å². The van der Waals surface area contributed by atoms with Crippen molar-refractivity contribution in [1.29, 1.82) is 0 Å². The molecule has 2 aliphatic heterocycles. The highest BCUT2D eigenvalue weighted by atomic mass is 19.4. The molecule has 2 saturated heterocycles. The van der Waals surface area contributed by atoms with E-state index in [0.717, 1.165) is 4.90 Å². The maximum Gasteiger partial charge on any atom is 0.576 e. The van der Waals surface area contributed by atoms with Crippen molar-refractivity contribution in [2.45, 2.75) is 18.4 Å². The fraction of sp³-hybridized carbons (Fsp3) is 0.875. The van der Waals surface area contributed by atoms with Crippen LogP contribution in [-0.2, 0) is 9.47 Å². The minimum absolute atomic E-state index is 0.0713. The lowest BCUT2D eigenvalue weighted by molar-refractivity contribution is -0.295. The number of hydrogen-bond acceptors (Lipinski definition) is 5. The van der Waals surface area contributed by atoms with Gasteiger partial charge in [0, 0.05) is 13.1 Å². The van der Waals surface area contributed by atoms with Crippen molar-refractivity contribution in [3.8, 4) is 0 Å². The van der Waals surface area contributed by atoms with Gasteiger partial charge in [-0.3, -0.25) is 5.84 Å². The number of ether oxygens (including phenoxy) is 2. The number of morpholine rings is 1. The third-order valence-corrected chi connectivity index (χ3v) is 2.79. The molecule has 6 nitrogen and oxygen atoms in total. The fourth-order valence-corrected chi connectivity index (χ4v) is 2.00. The van der Waals surface area contributed by atoms with Gasteiger partial charge in [-0.2, -0.15) is 0 Å². The van der Waals surface area contributed by atoms with Crippen LogP contribution in [0.3, 0.4) is 0 Å². The number of hydrazine groups is 1. The first kappa shape index (κ1) is 12.4. The zero-order valence-electron chi connectivity index (χ0n) is 8.81. The molecule has 0 saturated carbocycles. The highest BCUT2D eigenvalue weighted by Gasteiger charge is 2.42. The predicted molar refractivity (Wildman–Crippen MR) is 48.5 cm³/mol. The standard InChI is InChI=1S/C8H12F3N3O3/c9-8(10,11)17-7(15)13-1-5-3-16-4-6(2-13)14(5)12/h5-6H,1-4,12H2. The second-order valence-electron chi connectivity index (χ2n) is 4.01. The largest absolute Gasteiger partial charge is 0.576 e. The number of rotatable bonds is 0. The summed E-state index contributed by atoms with van der Waals surface area (Å²) in [5.74, 6) is 5.73. The van der Waals surface area contributed by atoms with Crippen molar-refractivity contribution in [1.82, 2.24) is 9.91 Å². The second kappa shape index (κ2) is 4.31. The van der Waals surface area contributed by atoms with E-state index in [1.807, 2.05) is 0 Å². The molecule has 2 heterocycles. The molecule has 2 aliphatic rings. The number of piperazine rings is 1. The van der Waals surface area contributed by atoms with E-state index in [9.17, 15) is 18.0 Å². The van der Waals surface area contributed by atoms with Crippen molar-refractivity contribution in [3.63, 3.8) is 0 Å². The van der Waals surface area contributed by atoms with Crippen molar-refractivity contribution in [2.24, 2.45) is 5.84 Å². The number of carbonyl (C=O) groups is 1. The molecule has 2 unspecified atom stereocenters. The van der Waals surface area contributed by atoms with Crippen LogP contribution in [0.2, 0.25) is 0 Å². The van der Waals surface area contributed by atoms with E-state index in [0.29, 0.717) is 13.2 Å². The summed E-state index contributed by atoms with van der Waals surface area (Å²) in [6.45, 7) is 0.732. The number of nitrogens with two attached hydrogens (primary N) is 1. The molecule has 2 fully saturated rings. The van der Waals surface area contributed by atoms with Crippen LogP contribution < -0.4 is 5.84 Å². The minimum atomic E-state index is -4.96. The Kier molecular flexibility index (Phi) is 3.15. The summed E-state index contributed by atoms with van der Waals surface area (Å²) in [6, 6.07) is -0.577. The van der Waals surface area contributed by atoms with Gasteiger partial charge in [-0.1, -0.05) is 0 Å². The van der Waals surface area contributed by atoms with Gasteiger partial charge < -0.3 is 14.4 Å². The Morgan fingerprint density at radius 2 is 1.82 bits per heavy atom. The predicted octanol–water partition coefficient (Wildman–Crippen LogP) is -0.0985. The van der Waals surface area contributed by atoms with E-state index in [1.165, 1.54) is 5.01 Å². The molecule has 2 bridgehead atoms. The van der Waals surface area contributed by atoms with Gasteiger partial charge in [0.05, 0.1) is 25.3 Å². The number of alkyl halides is 3. The normalized spacial score (nSPS) is 30.2. The maximum absolute atomic E-state index is 11.9. The van der Waals surface area contributed by atoms with Crippen LogP contribution >= 0.6 is 0 Å². The number of fused-ring (bicyclic) bond motifs is 2. The lowest BCUT2D eigenvalue weighted by Crippen LogP contribution is -2.67. The van der Waals surface area contributed by atoms with Crippen LogP contribution in [0.25, 0.3) is 0 Å². The SMILES string of the molecule is NN1C2COCC1CN(C(=O)OC(F)(F)F)C2. The Bertz CT molecular complexity index is 298. The molecule has 0 spiro atoms. The van der Waals surface area contributed by atoms with Crippen molar-refractivity contribution < 1.29 is 27.4 Å². The molecule has 9 heteroatoms. The number of halogens is 3. The van der Waals surface area contributed by atoms with E-state index in [-0.39, 0.29) is 25.2 Å². The average Bonchev–Trinajstić information content (AvgIpc) is 2.13. The summed E-state index contributed by atoms with van der Waals surface area (Å²) >= 11 is 0. The summed E-state index contributed by atoms with van der Waals surface area (Å²) in [7, 11) is 0. The molecule has 0 aromatic heterocycles. The lowest BCUT2D eigenvalue weighted by atomic mass is 10.1. The Labute approximate surface area is 95.0 Å². The van der Waals surface area contributed by atoms with Gasteiger partial charge in [0.15, 0.2) is 0 Å². The van der Waals surface area contributed by atoms with Gasteiger partial charge in [0.2, 0.25) is 0 Å². The van der Waals surface area contributed by atoms with Gasteiger partial charge in [-0.05, 0) is 0 Å². The first-order valence-corrected chi connectivity index (χ1v) is 5.02. The monoisotopic (exact) mass is 255 g/mol. The van der Waals surface area contributed by atoms with Gasteiger partial charge in [-0.25, -0.2) is 9.80 Å². The van der Waals surface area contributed by atoms with Crippen LogP contribution in [0, 0.1) is 0 Å². The Morgan fingerprint density at radius 1 is 1.29 bits per heavy atom. The fourth-order valence-electron chi connectivity index (χ4n) is 2.00. The molecule has 98 valence electrons. The molecule has 0 aromatic carbocycles. The van der Waals surface area contributed by atoms with Gasteiger partial charge in [0.1, 0.15) is 0 Å². The van der Waals surface area contributed by atoms with Gasteiger partial charge >= 0.3 is 12.5 Å². The molecule has 2 N–H and O–H groups in total. The van der Waals surface area contributed by atoms with Crippen LogP contribution in [0.4, 0.5) is 18.0 Å². The summed E-state index contributed by atoms with van der Waals surface area (Å²) in [6.07, 6.45) is -6.34. The van der Waals surface area contributed by atoms with Crippen LogP contribution in [-0.4, -0.2) is 60.8 Å². The van der Waals surface area contributed by atoms with E-state index < -0.39 is 12.5 Å². The van der Waals surface area contributed by atoms with Crippen LogP contribution in [0.15, 0.2) is 0 Å². The molecule has 2 rings (SSSR count). The molecule has 0 aromatic rings. The Morgan fingerprint density at radius 3 is 2.29 bits per heavy atom. The molecule has 17 heavy (non-hydrogen) atoms. The first-order chi connectivity index (χ1) is 7.87. The number of nitrogens with zero attached hydrogens (tertiary/aromatic N) is 2. The van der Waals surface area contributed by atoms with E-state index in [1.54, 1.807) is 0 Å². The third-order valence-electron chi connectivity index (χ3n) is 2.79. The average molecular weight is 255 g/mol. The topological polar surface area (TPSA) is 68.0 Å². The number of carbonyl (C=O) groups excluding carboxylic acids is 1. The second-order valence-corrected chi connectivity index (χ2v) is 4.01. The molecule has 2 atom stereocenters. The summed E-state index contributed by atoms with van der Waals surface area (Å²) in [4.78, 5) is 12.2. The molecule has 0 radical (unpaired) electrons. The highest BCUT2D eigenvalue weighted by Crippen LogP contribution is 2.22. The maximum atomic E-state index is 11.9. The zero-order chi connectivity index (χ0) is 12.6. The number of hydrogen-bond donors (Lipinski definition) is 1. The highest BCUT2D eigenvalue weighted by molar-refractivity contribution is 5.68. The zero-order valence-corrected chi connectivity index (χ0v) is 8.81. The van der Waals surface area contributed by atoms with Gasteiger partial charge in [0.25, 0.3) is 0 Å². The molecule has 1 amide bonds. The van der Waals surface area contributed by atoms with Crippen molar-refractivity contribution in [3.05, 3.63) is 0 Å². The van der Waals surface area contributed by atoms with Crippen LogP contribution in [0.1, 0.15) is 0 Å². The Hall–Kier alpha value is -1.06. The lowest BCUT2D eigenvalue weighted by Gasteiger charge is -2.46. The van der Waals surface area contributed by atoms with Crippen LogP contribution in [0.5, 0.6) is 0 Å². The third kappa shape index (κ3) is 2.79. The summed E-state index contributed by atoms with van der Waals surface area (Å²) < 4.78 is 44.3. The quantitative estimate of drug-likeness (QED) is 0.612. The number of amides is 1. The summed E-state index contributed by atoms with van der Waals surface area (Å²) in [5, 5.41) is 1.53. The van der Waals surface area contributed by atoms with Crippen molar-refractivity contribution in [2.75, 3.05) is 26.3 Å². The molecule has 0 aliphatic carbocycles. The van der Waals surface area contributed by atoms with E-state index >= 15 is 0 Å². The molecular weight excluding hydrogens is 243 g/mol. The smallest absolute Gasteiger partial charge is 0.378 e. The Balaban J connectivity index is 1.97. The van der Waals surface area contributed by atoms with Gasteiger partial charge in [-0.15, -0.1) is 13.2 Å².